The van der Waals surface area contributed by atoms with Gasteiger partial charge in [0.15, 0.2) is 0 Å². The fraction of sp³-hybridized carbons (Fsp3) is 0.281. The first-order chi connectivity index (χ1) is 19.5. The van der Waals surface area contributed by atoms with Crippen LogP contribution in [0, 0.1) is 11.3 Å². The van der Waals surface area contributed by atoms with Gasteiger partial charge in [-0.1, -0.05) is 36.4 Å². The molecule has 40 heavy (non-hydrogen) atoms. The van der Waals surface area contributed by atoms with Crippen molar-refractivity contribution < 1.29 is 14.3 Å². The van der Waals surface area contributed by atoms with Crippen molar-refractivity contribution in [3.63, 3.8) is 0 Å². The van der Waals surface area contributed by atoms with Gasteiger partial charge in [0.05, 0.1) is 41.6 Å². The Hall–Kier alpha value is -4.45. The van der Waals surface area contributed by atoms with Crippen LogP contribution in [0.5, 0.6) is 0 Å². The molecule has 2 bridgehead atoms. The summed E-state index contributed by atoms with van der Waals surface area (Å²) in [6.45, 7) is 2.71. The second-order valence-electron chi connectivity index (χ2n) is 10.3. The Morgan fingerprint density at radius 2 is 1.85 bits per heavy atom. The molecule has 5 rings (SSSR count). The highest BCUT2D eigenvalue weighted by Gasteiger charge is 2.38. The van der Waals surface area contributed by atoms with Gasteiger partial charge in [0.25, 0.3) is 0 Å². The summed E-state index contributed by atoms with van der Waals surface area (Å²) in [6.07, 6.45) is 6.24. The molecule has 0 spiro atoms. The summed E-state index contributed by atoms with van der Waals surface area (Å²) in [5, 5.41) is 14.9. The monoisotopic (exact) mass is 535 g/mol. The predicted octanol–water partition coefficient (Wildman–Crippen LogP) is 4.77. The molecule has 2 saturated heterocycles. The van der Waals surface area contributed by atoms with E-state index in [-0.39, 0.29) is 17.7 Å². The molecular formula is C32H33N5O3. The number of carbonyl (C=O) groups excluding carboxylic acids is 2. The lowest BCUT2D eigenvalue weighted by atomic mass is 9.92. The fourth-order valence-corrected chi connectivity index (χ4v) is 5.35. The van der Waals surface area contributed by atoms with Crippen molar-refractivity contribution in [3.8, 4) is 6.07 Å². The number of rotatable bonds is 10. The zero-order valence-electron chi connectivity index (χ0n) is 22.3. The molecule has 8 heteroatoms. The van der Waals surface area contributed by atoms with E-state index in [0.717, 1.165) is 43.7 Å². The summed E-state index contributed by atoms with van der Waals surface area (Å²) in [7, 11) is 0. The van der Waals surface area contributed by atoms with Gasteiger partial charge in [0, 0.05) is 24.4 Å². The normalized spacial score (nSPS) is 18.9. The van der Waals surface area contributed by atoms with Gasteiger partial charge in [0.1, 0.15) is 0 Å². The average molecular weight is 536 g/mol. The number of anilines is 3. The van der Waals surface area contributed by atoms with Crippen molar-refractivity contribution in [2.45, 2.75) is 37.3 Å². The molecule has 2 aliphatic heterocycles. The maximum atomic E-state index is 13.4. The molecule has 3 aromatic carbocycles. The summed E-state index contributed by atoms with van der Waals surface area (Å²) in [4.78, 5) is 28.3. The number of benzene rings is 3. The molecule has 3 aromatic rings. The van der Waals surface area contributed by atoms with E-state index in [1.807, 2.05) is 36.4 Å². The number of nitrogens with zero attached hydrogens (tertiary/aromatic N) is 2. The lowest BCUT2D eigenvalue weighted by Gasteiger charge is -2.27. The summed E-state index contributed by atoms with van der Waals surface area (Å²) >= 11 is 0. The molecule has 0 aromatic heterocycles. The highest BCUT2D eigenvalue weighted by atomic mass is 16.5. The number of hydrogen-bond acceptors (Lipinski definition) is 6. The Kier molecular flexibility index (Phi) is 8.55. The molecular weight excluding hydrogens is 502 g/mol. The van der Waals surface area contributed by atoms with E-state index in [2.05, 4.69) is 21.6 Å². The number of morpholine rings is 1. The minimum Gasteiger partial charge on any atom is -0.397 e. The number of ether oxygens (including phenoxy) is 1. The van der Waals surface area contributed by atoms with Crippen molar-refractivity contribution in [2.24, 2.45) is 0 Å². The van der Waals surface area contributed by atoms with Gasteiger partial charge in [-0.2, -0.15) is 5.26 Å². The van der Waals surface area contributed by atoms with Crippen LogP contribution in [0.2, 0.25) is 0 Å². The summed E-state index contributed by atoms with van der Waals surface area (Å²) in [6, 6.07) is 24.3. The summed E-state index contributed by atoms with van der Waals surface area (Å²) < 4.78 is 5.72. The van der Waals surface area contributed by atoms with Gasteiger partial charge >= 0.3 is 0 Å². The first-order valence-corrected chi connectivity index (χ1v) is 13.6. The Balaban J connectivity index is 1.24. The van der Waals surface area contributed by atoms with Gasteiger partial charge in [0.2, 0.25) is 11.8 Å². The first kappa shape index (κ1) is 27.1. The highest BCUT2D eigenvalue weighted by Crippen LogP contribution is 2.30. The molecule has 204 valence electrons. The third-order valence-corrected chi connectivity index (χ3v) is 7.53. The fourth-order valence-electron chi connectivity index (χ4n) is 5.35. The molecule has 0 saturated carbocycles. The second-order valence-corrected chi connectivity index (χ2v) is 10.3. The number of nitriles is 1. The van der Waals surface area contributed by atoms with Gasteiger partial charge in [-0.05, 0) is 79.4 Å². The van der Waals surface area contributed by atoms with E-state index in [9.17, 15) is 9.59 Å². The number of amides is 2. The SMILES string of the molecule is N#Cc1ccc(NC(=O)C(CCCN2C[C@@H]3C[C@H]2CO3)c2ccc(C=CC(=O)Nc3ccccc3N)cc2)cc1. The van der Waals surface area contributed by atoms with Crippen LogP contribution in [0.3, 0.4) is 0 Å². The molecule has 1 unspecified atom stereocenters. The number of nitrogens with one attached hydrogen (secondary N) is 2. The Bertz CT molecular complexity index is 1410. The topological polar surface area (TPSA) is 120 Å². The maximum absolute atomic E-state index is 13.4. The molecule has 4 N–H and O–H groups in total. The number of para-hydroxylation sites is 2. The van der Waals surface area contributed by atoms with Crippen LogP contribution in [0.1, 0.15) is 41.9 Å². The minimum absolute atomic E-state index is 0.0842. The summed E-state index contributed by atoms with van der Waals surface area (Å²) in [5.41, 5.74) is 9.94. The standard InChI is InChI=1S/C32H33N5O3/c33-19-23-9-14-25(15-10-23)35-32(39)28(4-3-17-37-20-27-18-26(37)21-40-27)24-12-7-22(8-13-24)11-16-31(38)36-30-6-2-1-5-29(30)34/h1-2,5-16,26-28H,3-4,17-18,20-21,34H2,(H,35,39)(H,36,38)/t26-,27-,28?/m0/s1. The van der Waals surface area contributed by atoms with E-state index in [1.54, 1.807) is 42.5 Å². The zero-order valence-corrected chi connectivity index (χ0v) is 22.3. The van der Waals surface area contributed by atoms with Crippen molar-refractivity contribution in [1.82, 2.24) is 4.90 Å². The van der Waals surface area contributed by atoms with E-state index in [4.69, 9.17) is 15.7 Å². The zero-order chi connectivity index (χ0) is 27.9. The Labute approximate surface area is 234 Å². The average Bonchev–Trinajstić information content (AvgIpc) is 3.60. The smallest absolute Gasteiger partial charge is 0.248 e. The second kappa shape index (κ2) is 12.6. The number of nitrogens with two attached hydrogens (primary N) is 1. The van der Waals surface area contributed by atoms with Crippen molar-refractivity contribution in [1.29, 1.82) is 5.26 Å². The molecule has 2 aliphatic rings. The number of nitrogen functional groups attached to an aromatic ring is 1. The van der Waals surface area contributed by atoms with Gasteiger partial charge in [-0.15, -0.1) is 0 Å². The van der Waals surface area contributed by atoms with Gasteiger partial charge in [-0.3, -0.25) is 14.5 Å². The number of carbonyl (C=O) groups is 2. The summed E-state index contributed by atoms with van der Waals surface area (Å²) in [5.74, 6) is -0.698. The van der Waals surface area contributed by atoms with Crippen LogP contribution in [0.25, 0.3) is 6.08 Å². The third-order valence-electron chi connectivity index (χ3n) is 7.53. The van der Waals surface area contributed by atoms with Crippen molar-refractivity contribution in [2.75, 3.05) is 36.1 Å². The molecule has 0 radical (unpaired) electrons. The van der Waals surface area contributed by atoms with E-state index < -0.39 is 0 Å². The number of fused-ring (bicyclic) bond motifs is 2. The quantitative estimate of drug-likeness (QED) is 0.254. The molecule has 3 atom stereocenters. The van der Waals surface area contributed by atoms with Gasteiger partial charge in [-0.25, -0.2) is 0 Å². The minimum atomic E-state index is -0.339. The van der Waals surface area contributed by atoms with Crippen LogP contribution in [-0.4, -0.2) is 48.6 Å². The molecule has 8 nitrogen and oxygen atoms in total. The Morgan fingerprint density at radius 3 is 2.52 bits per heavy atom. The Morgan fingerprint density at radius 1 is 1.07 bits per heavy atom. The van der Waals surface area contributed by atoms with Crippen LogP contribution in [0.4, 0.5) is 17.1 Å². The van der Waals surface area contributed by atoms with E-state index in [1.165, 1.54) is 6.08 Å². The van der Waals surface area contributed by atoms with Crippen LogP contribution < -0.4 is 16.4 Å². The van der Waals surface area contributed by atoms with Crippen LogP contribution >= 0.6 is 0 Å². The van der Waals surface area contributed by atoms with Crippen molar-refractivity contribution >= 4 is 35.0 Å². The van der Waals surface area contributed by atoms with E-state index >= 15 is 0 Å². The number of hydrogen-bond donors (Lipinski definition) is 3. The van der Waals surface area contributed by atoms with Crippen LogP contribution in [-0.2, 0) is 14.3 Å². The van der Waals surface area contributed by atoms with Crippen LogP contribution in [0.15, 0.2) is 78.9 Å². The first-order valence-electron chi connectivity index (χ1n) is 13.6. The predicted molar refractivity (Wildman–Crippen MR) is 156 cm³/mol. The molecule has 2 fully saturated rings. The highest BCUT2D eigenvalue weighted by molar-refractivity contribution is 6.03. The molecule has 2 amide bonds. The largest absolute Gasteiger partial charge is 0.397 e. The third kappa shape index (κ3) is 6.75. The van der Waals surface area contributed by atoms with E-state index in [0.29, 0.717) is 41.2 Å². The molecule has 2 heterocycles. The number of likely N-dealkylation sites (tertiary alicyclic amines) is 1. The lowest BCUT2D eigenvalue weighted by Crippen LogP contribution is -2.37. The molecule has 0 aliphatic carbocycles. The van der Waals surface area contributed by atoms with Crippen molar-refractivity contribution in [3.05, 3.63) is 95.6 Å². The maximum Gasteiger partial charge on any atom is 0.248 e. The lowest BCUT2D eigenvalue weighted by molar-refractivity contribution is -0.117. The van der Waals surface area contributed by atoms with Gasteiger partial charge < -0.3 is 21.1 Å².